The number of nitrogens with one attached hydrogen (secondary N) is 1. The summed E-state index contributed by atoms with van der Waals surface area (Å²) >= 11 is 0. The molecule has 1 saturated carbocycles. The Morgan fingerprint density at radius 1 is 1.28 bits per heavy atom. The third-order valence-electron chi connectivity index (χ3n) is 4.86. The Kier molecular flexibility index (Phi) is 4.46. The zero-order chi connectivity index (χ0) is 17.2. The van der Waals surface area contributed by atoms with Crippen LogP contribution in [0, 0.1) is 0 Å². The molecule has 25 heavy (non-hydrogen) atoms. The number of carbonyl (C=O) groups is 1. The Hall–Kier alpha value is -2.32. The monoisotopic (exact) mass is 343 g/mol. The summed E-state index contributed by atoms with van der Waals surface area (Å²) in [5.41, 5.74) is 1.96. The van der Waals surface area contributed by atoms with Crippen LogP contribution in [0.4, 0.5) is 0 Å². The van der Waals surface area contributed by atoms with Crippen molar-refractivity contribution in [3.05, 3.63) is 35.7 Å². The number of hydrogen-bond acceptors (Lipinski definition) is 6. The number of rotatable bonds is 4. The molecular formula is C17H21N5O3. The number of amides is 1. The van der Waals surface area contributed by atoms with Crippen molar-refractivity contribution in [2.75, 3.05) is 7.11 Å². The van der Waals surface area contributed by atoms with E-state index in [-0.39, 0.29) is 11.9 Å². The minimum atomic E-state index is -0.161. The molecular weight excluding hydrogens is 322 g/mol. The molecule has 2 aromatic rings. The van der Waals surface area contributed by atoms with Gasteiger partial charge in [-0.25, -0.2) is 15.0 Å². The van der Waals surface area contributed by atoms with E-state index in [0.29, 0.717) is 31.0 Å². The summed E-state index contributed by atoms with van der Waals surface area (Å²) in [7, 11) is 1.74. The van der Waals surface area contributed by atoms with Crippen LogP contribution in [0.3, 0.4) is 0 Å². The Bertz CT molecular complexity index is 754. The van der Waals surface area contributed by atoms with Crippen LogP contribution < -0.4 is 5.32 Å². The van der Waals surface area contributed by atoms with Crippen LogP contribution in [0.15, 0.2) is 18.7 Å². The second-order valence-corrected chi connectivity index (χ2v) is 6.44. The summed E-state index contributed by atoms with van der Waals surface area (Å²) in [5.74, 6) is 0.279. The van der Waals surface area contributed by atoms with Gasteiger partial charge in [-0.05, 0) is 25.7 Å². The largest absolute Gasteiger partial charge is 0.381 e. The van der Waals surface area contributed by atoms with Crippen molar-refractivity contribution in [3.63, 3.8) is 0 Å². The Labute approximate surface area is 145 Å². The number of methoxy groups -OCH3 is 1. The maximum absolute atomic E-state index is 12.8. The number of imidazole rings is 1. The van der Waals surface area contributed by atoms with E-state index in [4.69, 9.17) is 9.47 Å². The van der Waals surface area contributed by atoms with Crippen molar-refractivity contribution in [2.24, 2.45) is 0 Å². The lowest BCUT2D eigenvalue weighted by molar-refractivity contribution is 0.0597. The first-order valence-corrected chi connectivity index (χ1v) is 8.54. The third-order valence-corrected chi connectivity index (χ3v) is 4.86. The molecule has 1 amide bonds. The van der Waals surface area contributed by atoms with Gasteiger partial charge >= 0.3 is 0 Å². The minimum Gasteiger partial charge on any atom is -0.381 e. The zero-order valence-electron chi connectivity index (χ0n) is 14.1. The summed E-state index contributed by atoms with van der Waals surface area (Å²) in [6.45, 7) is 0.775. The first-order valence-electron chi connectivity index (χ1n) is 8.54. The van der Waals surface area contributed by atoms with E-state index >= 15 is 0 Å². The molecule has 0 atom stereocenters. The number of carbonyl (C=O) groups excluding carboxylic acids is 1. The van der Waals surface area contributed by atoms with Crippen molar-refractivity contribution in [3.8, 4) is 5.95 Å². The van der Waals surface area contributed by atoms with Crippen molar-refractivity contribution < 1.29 is 14.3 Å². The lowest BCUT2D eigenvalue weighted by atomic mass is 9.93. The predicted molar refractivity (Wildman–Crippen MR) is 88.2 cm³/mol. The fraction of sp³-hybridized carbons (Fsp3) is 0.529. The van der Waals surface area contributed by atoms with Gasteiger partial charge in [-0.15, -0.1) is 0 Å². The fourth-order valence-electron chi connectivity index (χ4n) is 3.42. The average molecular weight is 343 g/mol. The lowest BCUT2D eigenvalue weighted by Gasteiger charge is -2.28. The van der Waals surface area contributed by atoms with Gasteiger partial charge < -0.3 is 14.8 Å². The number of aromatic nitrogens is 4. The van der Waals surface area contributed by atoms with Gasteiger partial charge in [-0.2, -0.15) is 0 Å². The maximum atomic E-state index is 12.8. The van der Waals surface area contributed by atoms with Crippen LogP contribution >= 0.6 is 0 Å². The van der Waals surface area contributed by atoms with E-state index in [1.165, 1.54) is 0 Å². The predicted octanol–water partition coefficient (Wildman–Crippen LogP) is 1.38. The molecule has 0 radical (unpaired) electrons. The van der Waals surface area contributed by atoms with Gasteiger partial charge in [0.1, 0.15) is 12.0 Å². The van der Waals surface area contributed by atoms with Gasteiger partial charge in [-0.1, -0.05) is 0 Å². The Balaban J connectivity index is 1.56. The van der Waals surface area contributed by atoms with Gasteiger partial charge in [0.25, 0.3) is 5.91 Å². The van der Waals surface area contributed by atoms with Crippen LogP contribution in [-0.4, -0.2) is 44.7 Å². The third kappa shape index (κ3) is 3.27. The molecule has 8 nitrogen and oxygen atoms in total. The van der Waals surface area contributed by atoms with Crippen LogP contribution in [-0.2, 0) is 22.7 Å². The highest BCUT2D eigenvalue weighted by atomic mass is 16.5. The number of ether oxygens (including phenoxy) is 2. The summed E-state index contributed by atoms with van der Waals surface area (Å²) < 4.78 is 12.6. The smallest absolute Gasteiger partial charge is 0.270 e. The Morgan fingerprint density at radius 2 is 2.12 bits per heavy atom. The molecule has 0 saturated heterocycles. The number of hydrogen-bond donors (Lipinski definition) is 1. The molecule has 2 aromatic heterocycles. The van der Waals surface area contributed by atoms with Gasteiger partial charge in [0.2, 0.25) is 5.95 Å². The molecule has 1 aliphatic heterocycles. The molecule has 0 spiro atoms. The van der Waals surface area contributed by atoms with E-state index in [0.717, 1.165) is 36.9 Å². The zero-order valence-corrected chi connectivity index (χ0v) is 14.1. The van der Waals surface area contributed by atoms with Crippen molar-refractivity contribution in [1.29, 1.82) is 0 Å². The van der Waals surface area contributed by atoms with Crippen LogP contribution in [0.25, 0.3) is 5.95 Å². The number of nitrogens with zero attached hydrogens (tertiary/aromatic N) is 4. The lowest BCUT2D eigenvalue weighted by Crippen LogP contribution is -2.39. The molecule has 0 unspecified atom stereocenters. The first-order chi connectivity index (χ1) is 12.2. The first kappa shape index (κ1) is 16.2. The van der Waals surface area contributed by atoms with E-state index < -0.39 is 0 Å². The molecule has 0 bridgehead atoms. The molecule has 1 aliphatic carbocycles. The quantitative estimate of drug-likeness (QED) is 0.902. The SMILES string of the molecule is COC1CCC(NC(=O)c2nc(-n3ccnc3)nc3c2COC3)CC1. The summed E-state index contributed by atoms with van der Waals surface area (Å²) in [6.07, 6.45) is 9.10. The van der Waals surface area contributed by atoms with E-state index in [2.05, 4.69) is 20.3 Å². The summed E-state index contributed by atoms with van der Waals surface area (Å²) in [5, 5.41) is 3.12. The fourth-order valence-corrected chi connectivity index (χ4v) is 3.42. The van der Waals surface area contributed by atoms with Gasteiger partial charge in [-0.3, -0.25) is 9.36 Å². The van der Waals surface area contributed by atoms with Crippen LogP contribution in [0.2, 0.25) is 0 Å². The van der Waals surface area contributed by atoms with Crippen molar-refractivity contribution in [1.82, 2.24) is 24.8 Å². The van der Waals surface area contributed by atoms with Crippen LogP contribution in [0.5, 0.6) is 0 Å². The van der Waals surface area contributed by atoms with Crippen LogP contribution in [0.1, 0.15) is 47.4 Å². The van der Waals surface area contributed by atoms with Gasteiger partial charge in [0.05, 0.1) is 25.0 Å². The second-order valence-electron chi connectivity index (χ2n) is 6.44. The Morgan fingerprint density at radius 3 is 2.84 bits per heavy atom. The van der Waals surface area contributed by atoms with Gasteiger partial charge in [0, 0.05) is 31.1 Å². The minimum absolute atomic E-state index is 0.156. The second kappa shape index (κ2) is 6.89. The molecule has 4 rings (SSSR count). The normalized spacial score (nSPS) is 22.6. The average Bonchev–Trinajstić information content (AvgIpc) is 3.32. The molecule has 8 heteroatoms. The van der Waals surface area contributed by atoms with E-state index in [1.807, 2.05) is 0 Å². The van der Waals surface area contributed by atoms with Crippen molar-refractivity contribution >= 4 is 5.91 Å². The highest BCUT2D eigenvalue weighted by Gasteiger charge is 2.27. The van der Waals surface area contributed by atoms with Crippen molar-refractivity contribution in [2.45, 2.75) is 51.0 Å². The highest BCUT2D eigenvalue weighted by Crippen LogP contribution is 2.24. The molecule has 1 N–H and O–H groups in total. The maximum Gasteiger partial charge on any atom is 0.270 e. The molecule has 3 heterocycles. The van der Waals surface area contributed by atoms with E-state index in [1.54, 1.807) is 30.4 Å². The summed E-state index contributed by atoms with van der Waals surface area (Å²) in [6, 6.07) is 0.156. The molecule has 132 valence electrons. The van der Waals surface area contributed by atoms with E-state index in [9.17, 15) is 4.79 Å². The highest BCUT2D eigenvalue weighted by molar-refractivity contribution is 5.94. The molecule has 1 fully saturated rings. The standard InChI is InChI=1S/C17H21N5O3/c1-24-12-4-2-11(3-5-12)19-16(23)15-13-8-25-9-14(13)20-17(21-15)22-7-6-18-10-22/h6-7,10-12H,2-5,8-9H2,1H3,(H,19,23). The number of fused-ring (bicyclic) bond motifs is 1. The molecule has 2 aliphatic rings. The topological polar surface area (TPSA) is 91.2 Å². The molecule has 0 aromatic carbocycles. The van der Waals surface area contributed by atoms with Gasteiger partial charge in [0.15, 0.2) is 0 Å². The summed E-state index contributed by atoms with van der Waals surface area (Å²) in [4.78, 5) is 25.8.